The number of thiocarbonyl (C=S) groups is 1. The summed E-state index contributed by atoms with van der Waals surface area (Å²) in [5, 5.41) is 3.45. The highest BCUT2D eigenvalue weighted by Gasteiger charge is 2.05. The highest BCUT2D eigenvalue weighted by molar-refractivity contribution is 7.80. The molecule has 0 spiro atoms. The quantitative estimate of drug-likeness (QED) is 0.535. The van der Waals surface area contributed by atoms with Gasteiger partial charge in [0.25, 0.3) is 0 Å². The Kier molecular flexibility index (Phi) is 4.72. The summed E-state index contributed by atoms with van der Waals surface area (Å²) in [5.74, 6) is -0.184. The van der Waals surface area contributed by atoms with E-state index in [0.717, 1.165) is 5.56 Å². The average molecular weight is 237 g/mol. The maximum atomic E-state index is 10.6. The minimum Gasteiger partial charge on any atom is -0.355 e. The van der Waals surface area contributed by atoms with Gasteiger partial charge in [-0.2, -0.15) is 0 Å². The van der Waals surface area contributed by atoms with Gasteiger partial charge in [0.15, 0.2) is 5.11 Å². The van der Waals surface area contributed by atoms with Crippen molar-refractivity contribution in [1.29, 1.82) is 0 Å². The van der Waals surface area contributed by atoms with Crippen LogP contribution in [0, 0.1) is 0 Å². The van der Waals surface area contributed by atoms with Crippen LogP contribution >= 0.6 is 12.2 Å². The second kappa shape index (κ2) is 6.07. The lowest BCUT2D eigenvalue weighted by Crippen LogP contribution is -2.46. The lowest BCUT2D eigenvalue weighted by atomic mass is 10.1. The average Bonchev–Trinajstić information content (AvgIpc) is 2.27. The number of hydrazine groups is 1. The van der Waals surface area contributed by atoms with Crippen LogP contribution in [0.15, 0.2) is 30.3 Å². The third kappa shape index (κ3) is 4.27. The molecule has 0 aliphatic rings. The van der Waals surface area contributed by atoms with Crippen molar-refractivity contribution >= 4 is 23.2 Å². The Bertz CT molecular complexity index is 367. The largest absolute Gasteiger partial charge is 0.355 e. The van der Waals surface area contributed by atoms with Crippen LogP contribution in [0.2, 0.25) is 0 Å². The molecule has 16 heavy (non-hydrogen) atoms. The molecule has 1 amide bonds. The molecule has 1 atom stereocenters. The molecule has 3 N–H and O–H groups in total. The predicted octanol–water partition coefficient (Wildman–Crippen LogP) is 1.26. The molecule has 0 saturated heterocycles. The van der Waals surface area contributed by atoms with Crippen LogP contribution in [0.4, 0.5) is 0 Å². The van der Waals surface area contributed by atoms with Gasteiger partial charge in [-0.25, -0.2) is 0 Å². The number of hydrogen-bond donors (Lipinski definition) is 3. The molecule has 0 fully saturated rings. The Hall–Kier alpha value is -1.62. The van der Waals surface area contributed by atoms with Gasteiger partial charge < -0.3 is 5.32 Å². The molecule has 0 aliphatic carbocycles. The standard InChI is InChI=1S/C11H15N3OS/c1-8(10-6-4-3-5-7-10)12-11(16)14-13-9(2)15/h3-8H,1-2H3,(H,13,15)(H2,12,14,16). The Labute approximate surface area is 100 Å². The van der Waals surface area contributed by atoms with Crippen LogP contribution in [-0.4, -0.2) is 11.0 Å². The Morgan fingerprint density at radius 3 is 2.44 bits per heavy atom. The highest BCUT2D eigenvalue weighted by atomic mass is 32.1. The zero-order valence-corrected chi connectivity index (χ0v) is 10.1. The number of hydrogen-bond acceptors (Lipinski definition) is 2. The fourth-order valence-electron chi connectivity index (χ4n) is 1.20. The van der Waals surface area contributed by atoms with E-state index in [0.29, 0.717) is 5.11 Å². The van der Waals surface area contributed by atoms with Gasteiger partial charge in [0.2, 0.25) is 5.91 Å². The topological polar surface area (TPSA) is 53.2 Å². The van der Waals surface area contributed by atoms with E-state index >= 15 is 0 Å². The number of rotatable bonds is 2. The lowest BCUT2D eigenvalue weighted by molar-refractivity contribution is -0.119. The first kappa shape index (κ1) is 12.4. The molecule has 0 aromatic heterocycles. The van der Waals surface area contributed by atoms with Crippen molar-refractivity contribution in [3.05, 3.63) is 35.9 Å². The van der Waals surface area contributed by atoms with Crippen LogP contribution in [0.1, 0.15) is 25.5 Å². The van der Waals surface area contributed by atoms with Crippen LogP contribution in [0.5, 0.6) is 0 Å². The van der Waals surface area contributed by atoms with Crippen LogP contribution in [0.25, 0.3) is 0 Å². The molecule has 0 aliphatic heterocycles. The van der Waals surface area contributed by atoms with Crippen LogP contribution in [-0.2, 0) is 4.79 Å². The summed E-state index contributed by atoms with van der Waals surface area (Å²) in [4.78, 5) is 10.6. The SMILES string of the molecule is CC(=O)NNC(=S)NC(C)c1ccccc1. The van der Waals surface area contributed by atoms with Crippen molar-refractivity contribution in [3.8, 4) is 0 Å². The fourth-order valence-corrected chi connectivity index (χ4v) is 1.43. The molecule has 0 radical (unpaired) electrons. The van der Waals surface area contributed by atoms with Crippen molar-refractivity contribution in [1.82, 2.24) is 16.2 Å². The minimum absolute atomic E-state index is 0.0926. The minimum atomic E-state index is -0.184. The summed E-state index contributed by atoms with van der Waals surface area (Å²) < 4.78 is 0. The van der Waals surface area contributed by atoms with Crippen molar-refractivity contribution in [2.45, 2.75) is 19.9 Å². The van der Waals surface area contributed by atoms with Gasteiger partial charge >= 0.3 is 0 Å². The molecule has 1 aromatic rings. The van der Waals surface area contributed by atoms with E-state index in [-0.39, 0.29) is 11.9 Å². The van der Waals surface area contributed by atoms with Gasteiger partial charge in [-0.3, -0.25) is 15.6 Å². The number of nitrogens with one attached hydrogen (secondary N) is 3. The Morgan fingerprint density at radius 2 is 1.88 bits per heavy atom. The van der Waals surface area contributed by atoms with E-state index in [1.54, 1.807) is 0 Å². The molecular weight excluding hydrogens is 222 g/mol. The summed E-state index contributed by atoms with van der Waals surface area (Å²) in [5.41, 5.74) is 6.15. The number of carbonyl (C=O) groups excluding carboxylic acids is 1. The zero-order valence-electron chi connectivity index (χ0n) is 9.28. The smallest absolute Gasteiger partial charge is 0.235 e. The van der Waals surface area contributed by atoms with Gasteiger partial charge in [0.1, 0.15) is 0 Å². The number of benzene rings is 1. The molecule has 0 heterocycles. The van der Waals surface area contributed by atoms with Crippen LogP contribution < -0.4 is 16.2 Å². The first-order chi connectivity index (χ1) is 7.59. The third-order valence-electron chi connectivity index (χ3n) is 2.00. The van der Waals surface area contributed by atoms with E-state index in [4.69, 9.17) is 12.2 Å². The van der Waals surface area contributed by atoms with Crippen molar-refractivity contribution in [3.63, 3.8) is 0 Å². The van der Waals surface area contributed by atoms with E-state index in [1.807, 2.05) is 37.3 Å². The third-order valence-corrected chi connectivity index (χ3v) is 2.22. The zero-order chi connectivity index (χ0) is 12.0. The molecule has 0 saturated carbocycles. The van der Waals surface area contributed by atoms with Gasteiger partial charge in [-0.05, 0) is 24.7 Å². The molecule has 1 rings (SSSR count). The van der Waals surface area contributed by atoms with Gasteiger partial charge in [-0.15, -0.1) is 0 Å². The Balaban J connectivity index is 2.43. The second-order valence-electron chi connectivity index (χ2n) is 3.41. The van der Waals surface area contributed by atoms with E-state index in [1.165, 1.54) is 6.92 Å². The molecule has 5 heteroatoms. The molecule has 0 bridgehead atoms. The van der Waals surface area contributed by atoms with Crippen molar-refractivity contribution < 1.29 is 4.79 Å². The van der Waals surface area contributed by atoms with Gasteiger partial charge in [0.05, 0.1) is 6.04 Å². The van der Waals surface area contributed by atoms with Crippen LogP contribution in [0.3, 0.4) is 0 Å². The summed E-state index contributed by atoms with van der Waals surface area (Å²) in [6.07, 6.45) is 0. The first-order valence-electron chi connectivity index (χ1n) is 4.97. The van der Waals surface area contributed by atoms with Gasteiger partial charge in [0, 0.05) is 6.92 Å². The van der Waals surface area contributed by atoms with E-state index in [2.05, 4.69) is 16.2 Å². The first-order valence-corrected chi connectivity index (χ1v) is 5.38. The molecular formula is C11H15N3OS. The second-order valence-corrected chi connectivity index (χ2v) is 3.82. The summed E-state index contributed by atoms with van der Waals surface area (Å²) in [7, 11) is 0. The van der Waals surface area contributed by atoms with E-state index < -0.39 is 0 Å². The summed E-state index contributed by atoms with van der Waals surface area (Å²) in [6.45, 7) is 3.41. The monoisotopic (exact) mass is 237 g/mol. The van der Waals surface area contributed by atoms with Crippen molar-refractivity contribution in [2.24, 2.45) is 0 Å². The number of carbonyl (C=O) groups is 1. The van der Waals surface area contributed by atoms with Crippen molar-refractivity contribution in [2.75, 3.05) is 0 Å². The normalized spacial score (nSPS) is 11.4. The van der Waals surface area contributed by atoms with Gasteiger partial charge in [-0.1, -0.05) is 30.3 Å². The summed E-state index contributed by atoms with van der Waals surface area (Å²) in [6, 6.07) is 10.0. The molecule has 1 aromatic carbocycles. The highest BCUT2D eigenvalue weighted by Crippen LogP contribution is 2.10. The molecule has 4 nitrogen and oxygen atoms in total. The lowest BCUT2D eigenvalue weighted by Gasteiger charge is -2.17. The molecule has 86 valence electrons. The number of amides is 1. The van der Waals surface area contributed by atoms with E-state index in [9.17, 15) is 4.79 Å². The fraction of sp³-hybridized carbons (Fsp3) is 0.273. The predicted molar refractivity (Wildman–Crippen MR) is 67.5 cm³/mol. The maximum absolute atomic E-state index is 10.6. The summed E-state index contributed by atoms with van der Waals surface area (Å²) >= 11 is 5.01. The Morgan fingerprint density at radius 1 is 1.25 bits per heavy atom. The maximum Gasteiger partial charge on any atom is 0.235 e. The molecule has 1 unspecified atom stereocenters.